The van der Waals surface area contributed by atoms with Crippen molar-refractivity contribution in [2.45, 2.75) is 0 Å². The van der Waals surface area contributed by atoms with Crippen LogP contribution in [0.25, 0.3) is 0 Å². The standard InChI is InChI=1S/BrHO4Se.H3N/c1-5-6(2,3)4;/h(H,2,3,4);1H3. The molecule has 0 aromatic heterocycles. The van der Waals surface area contributed by atoms with Gasteiger partial charge in [-0.2, -0.15) is 0 Å². The van der Waals surface area contributed by atoms with Gasteiger partial charge in [0.1, 0.15) is 0 Å². The Hall–Kier alpha value is 0.479. The van der Waals surface area contributed by atoms with E-state index < -0.39 is 13.4 Å². The second kappa shape index (κ2) is 3.48. The predicted octanol–water partition coefficient (Wildman–Crippen LogP) is -0.236. The van der Waals surface area contributed by atoms with Gasteiger partial charge in [0, 0.05) is 0 Å². The van der Waals surface area contributed by atoms with Crippen LogP contribution in [0.5, 0.6) is 0 Å². The summed E-state index contributed by atoms with van der Waals surface area (Å²) in [5.41, 5.74) is 0. The van der Waals surface area contributed by atoms with Crippen molar-refractivity contribution in [1.82, 2.24) is 6.15 Å². The first kappa shape index (κ1) is 10.5. The molecule has 5 nitrogen and oxygen atoms in total. The molecule has 7 heavy (non-hydrogen) atoms. The fraction of sp³-hybridized carbons (Fsp3) is 0. The average Bonchev–Trinajstić information content (AvgIpc) is 1.35. The van der Waals surface area contributed by atoms with E-state index in [0.717, 1.165) is 0 Å². The molecule has 0 aliphatic rings. The van der Waals surface area contributed by atoms with Gasteiger partial charge in [-0.05, 0) is 0 Å². The third-order valence-corrected chi connectivity index (χ3v) is 2.15. The Labute approximate surface area is 51.0 Å². The molecule has 0 bridgehead atoms. The Morgan fingerprint density at radius 2 is 1.71 bits per heavy atom. The molecule has 0 rings (SSSR count). The molecule has 0 saturated carbocycles. The second-order valence-corrected chi connectivity index (χ2v) is 3.92. The summed E-state index contributed by atoms with van der Waals surface area (Å²) in [4.78, 5) is 0. The van der Waals surface area contributed by atoms with E-state index in [-0.39, 0.29) is 6.15 Å². The molecule has 0 heterocycles. The van der Waals surface area contributed by atoms with Crippen LogP contribution in [0, 0.1) is 0 Å². The Kier molecular flexibility index (Phi) is 5.20. The number of rotatable bonds is 1. The Morgan fingerprint density at radius 1 is 1.57 bits per heavy atom. The topological polar surface area (TPSA) is 98.6 Å². The van der Waals surface area contributed by atoms with E-state index in [1.807, 2.05) is 0 Å². The van der Waals surface area contributed by atoms with Crippen LogP contribution in [-0.4, -0.2) is 17.6 Å². The molecule has 0 aliphatic carbocycles. The molecular formula is H4BrNO4Se. The van der Waals surface area contributed by atoms with Gasteiger partial charge in [-0.15, -0.1) is 0 Å². The van der Waals surface area contributed by atoms with Gasteiger partial charge in [0.25, 0.3) is 0 Å². The molecule has 0 unspecified atom stereocenters. The maximum absolute atomic E-state index is 9.36. The number of hydrogen-bond donors (Lipinski definition) is 2. The minimum atomic E-state index is -4.86. The molecule has 0 aromatic carbocycles. The van der Waals surface area contributed by atoms with E-state index >= 15 is 0 Å². The van der Waals surface area contributed by atoms with Crippen molar-refractivity contribution in [2.75, 3.05) is 0 Å². The molecule has 0 atom stereocenters. The summed E-state index contributed by atoms with van der Waals surface area (Å²) in [6.07, 6.45) is 0. The first-order chi connectivity index (χ1) is 2.56. The van der Waals surface area contributed by atoms with E-state index in [0.29, 0.717) is 0 Å². The molecule has 0 spiro atoms. The van der Waals surface area contributed by atoms with E-state index in [4.69, 9.17) is 4.19 Å². The van der Waals surface area contributed by atoms with Gasteiger partial charge in [-0.3, -0.25) is 0 Å². The first-order valence-corrected chi connectivity index (χ1v) is 4.35. The van der Waals surface area contributed by atoms with Gasteiger partial charge >= 0.3 is 44.4 Å². The molecule has 0 amide bonds. The van der Waals surface area contributed by atoms with Crippen molar-refractivity contribution >= 4 is 29.6 Å². The first-order valence-electron chi connectivity index (χ1n) is 0.837. The predicted molar refractivity (Wildman–Crippen MR) is 24.4 cm³/mol. The Bertz CT molecular complexity index is 114. The van der Waals surface area contributed by atoms with Crippen LogP contribution in [0.4, 0.5) is 0 Å². The van der Waals surface area contributed by atoms with E-state index in [2.05, 4.69) is 19.2 Å². The molecule has 0 radical (unpaired) electrons. The number of halogens is 1. The summed E-state index contributed by atoms with van der Waals surface area (Å²) < 4.78 is 29.7. The van der Waals surface area contributed by atoms with Crippen LogP contribution in [0.3, 0.4) is 0 Å². The van der Waals surface area contributed by atoms with Crippen LogP contribution < -0.4 is 6.15 Å². The molecule has 0 saturated heterocycles. The third-order valence-electron chi connectivity index (χ3n) is 0.0796. The average molecular weight is 241 g/mol. The third kappa shape index (κ3) is 10.7. The molecule has 7 heteroatoms. The normalized spacial score (nSPS) is 10.0. The van der Waals surface area contributed by atoms with Gasteiger partial charge in [0.2, 0.25) is 0 Å². The van der Waals surface area contributed by atoms with E-state index in [1.165, 1.54) is 0 Å². The molecule has 4 N–H and O–H groups in total. The number of hydrogen-bond acceptors (Lipinski definition) is 4. The van der Waals surface area contributed by atoms with E-state index in [9.17, 15) is 7.67 Å². The van der Waals surface area contributed by atoms with Crippen LogP contribution in [0.1, 0.15) is 0 Å². The van der Waals surface area contributed by atoms with Gasteiger partial charge in [-0.25, -0.2) is 0 Å². The second-order valence-electron chi connectivity index (χ2n) is 0.491. The summed E-state index contributed by atoms with van der Waals surface area (Å²) in [6, 6.07) is 0. The van der Waals surface area contributed by atoms with Crippen molar-refractivity contribution in [3.8, 4) is 0 Å². The monoisotopic (exact) mass is 241 g/mol. The van der Waals surface area contributed by atoms with Crippen LogP contribution >= 0.6 is 16.3 Å². The summed E-state index contributed by atoms with van der Waals surface area (Å²) >= 11 is -2.80. The van der Waals surface area contributed by atoms with Crippen molar-refractivity contribution in [2.24, 2.45) is 0 Å². The summed E-state index contributed by atoms with van der Waals surface area (Å²) in [5.74, 6) is 0. The van der Waals surface area contributed by atoms with Crippen LogP contribution in [-0.2, 0) is 10.6 Å². The summed E-state index contributed by atoms with van der Waals surface area (Å²) in [7, 11) is 0. The quantitative estimate of drug-likeness (QED) is 0.617. The zero-order valence-corrected chi connectivity index (χ0v) is 6.46. The zero-order valence-electron chi connectivity index (χ0n) is 3.17. The fourth-order valence-electron chi connectivity index (χ4n) is 0. The van der Waals surface area contributed by atoms with Gasteiger partial charge in [0.15, 0.2) is 0 Å². The Morgan fingerprint density at radius 3 is 1.71 bits per heavy atom. The zero-order chi connectivity index (χ0) is 5.21. The molecule has 46 valence electrons. The maximum atomic E-state index is 9.36. The van der Waals surface area contributed by atoms with Crippen LogP contribution in [0.2, 0.25) is 0 Å². The van der Waals surface area contributed by atoms with Crippen molar-refractivity contribution in [1.29, 1.82) is 0 Å². The van der Waals surface area contributed by atoms with Crippen molar-refractivity contribution in [3.63, 3.8) is 0 Å². The van der Waals surface area contributed by atoms with Gasteiger partial charge in [-0.1, -0.05) is 0 Å². The van der Waals surface area contributed by atoms with Crippen molar-refractivity contribution < 1.29 is 14.8 Å². The van der Waals surface area contributed by atoms with Crippen molar-refractivity contribution in [3.05, 3.63) is 0 Å². The molecule has 0 aliphatic heterocycles. The molecule has 0 fully saturated rings. The summed E-state index contributed by atoms with van der Waals surface area (Å²) in [6.45, 7) is 0. The fourth-order valence-corrected chi connectivity index (χ4v) is 0. The van der Waals surface area contributed by atoms with E-state index in [1.54, 1.807) is 0 Å². The summed E-state index contributed by atoms with van der Waals surface area (Å²) in [5, 5.41) is 0. The SMILES string of the molecule is N.O=[Se](=O)(O)OBr. The van der Waals surface area contributed by atoms with Crippen LogP contribution in [0.15, 0.2) is 0 Å². The minimum absolute atomic E-state index is 0. The molecule has 0 aromatic rings. The van der Waals surface area contributed by atoms with Gasteiger partial charge in [0.05, 0.1) is 0 Å². The molecular weight excluding hydrogens is 237 g/mol. The Balaban J connectivity index is 0. The van der Waals surface area contributed by atoms with Gasteiger partial charge < -0.3 is 6.15 Å².